The Morgan fingerprint density at radius 3 is 2.39 bits per heavy atom. The number of carbonyl (C=O) groups excluding carboxylic acids is 2. The lowest BCUT2D eigenvalue weighted by molar-refractivity contribution is -0.116. The first kappa shape index (κ1) is 25.4. The van der Waals surface area contributed by atoms with Crippen LogP contribution in [0.5, 0.6) is 0 Å². The number of amides is 1. The number of benzene rings is 2. The molecule has 0 aliphatic carbocycles. The van der Waals surface area contributed by atoms with E-state index in [4.69, 9.17) is 16.3 Å². The summed E-state index contributed by atoms with van der Waals surface area (Å²) in [6, 6.07) is 14.1. The fraction of sp³-hybridized carbons (Fsp3) is 0.231. The molecule has 1 amide bonds. The number of fused-ring (bicyclic) bond motifs is 1. The Morgan fingerprint density at radius 1 is 1.00 bits per heavy atom. The van der Waals surface area contributed by atoms with E-state index in [2.05, 4.69) is 5.32 Å². The molecule has 0 saturated heterocycles. The smallest absolute Gasteiger partial charge is 0.341 e. The highest BCUT2D eigenvalue weighted by molar-refractivity contribution is 7.16. The van der Waals surface area contributed by atoms with Gasteiger partial charge in [-0.2, -0.15) is 0 Å². The van der Waals surface area contributed by atoms with Gasteiger partial charge in [-0.25, -0.2) is 4.79 Å². The van der Waals surface area contributed by atoms with E-state index in [1.54, 1.807) is 32.0 Å². The van der Waals surface area contributed by atoms with E-state index >= 15 is 0 Å². The Balaban J connectivity index is 1.74. The van der Waals surface area contributed by atoms with E-state index in [0.717, 1.165) is 15.0 Å². The van der Waals surface area contributed by atoms with Gasteiger partial charge < -0.3 is 10.1 Å². The summed E-state index contributed by atoms with van der Waals surface area (Å²) in [6.45, 7) is 5.27. The van der Waals surface area contributed by atoms with E-state index in [1.165, 1.54) is 15.9 Å². The fourth-order valence-corrected chi connectivity index (χ4v) is 5.18. The fourth-order valence-electron chi connectivity index (χ4n) is 3.94. The van der Waals surface area contributed by atoms with Crippen molar-refractivity contribution in [2.75, 3.05) is 11.9 Å². The molecule has 4 aromatic rings. The number of aryl methyl sites for hydroxylation is 1. The molecule has 36 heavy (non-hydrogen) atoms. The van der Waals surface area contributed by atoms with Crippen molar-refractivity contribution < 1.29 is 14.3 Å². The Bertz CT molecular complexity index is 1590. The minimum Gasteiger partial charge on any atom is -0.462 e. The van der Waals surface area contributed by atoms with Crippen molar-refractivity contribution in [2.45, 2.75) is 33.9 Å². The topological polar surface area (TPSA) is 99.4 Å². The van der Waals surface area contributed by atoms with Crippen LogP contribution >= 0.6 is 22.9 Å². The number of ether oxygens (including phenoxy) is 1. The molecule has 0 spiro atoms. The predicted octanol–water partition coefficient (Wildman–Crippen LogP) is 4.36. The standard InChI is InChI=1S/C26H24ClN3O5S/c1-4-35-26(34)22-15(2)16(3)36-23(22)28-21(31)14-30-20-12-18(27)10-11-19(20)29(24(32)25(30)33)13-17-8-6-5-7-9-17/h5-12H,4,13-14H2,1-3H3,(H,28,31). The van der Waals surface area contributed by atoms with Crippen LogP contribution in [0.2, 0.25) is 5.02 Å². The normalized spacial score (nSPS) is 11.0. The largest absolute Gasteiger partial charge is 0.462 e. The van der Waals surface area contributed by atoms with Gasteiger partial charge in [0.25, 0.3) is 0 Å². The molecule has 0 atom stereocenters. The molecule has 2 heterocycles. The summed E-state index contributed by atoms with van der Waals surface area (Å²) in [4.78, 5) is 52.6. The van der Waals surface area contributed by atoms with Crippen molar-refractivity contribution in [1.29, 1.82) is 0 Å². The lowest BCUT2D eigenvalue weighted by Crippen LogP contribution is -2.43. The Morgan fingerprint density at radius 2 is 1.69 bits per heavy atom. The molecule has 186 valence electrons. The third-order valence-electron chi connectivity index (χ3n) is 5.80. The first-order valence-corrected chi connectivity index (χ1v) is 12.4. The molecule has 4 rings (SSSR count). The van der Waals surface area contributed by atoms with Crippen molar-refractivity contribution in [3.05, 3.63) is 95.8 Å². The van der Waals surface area contributed by atoms with Crippen molar-refractivity contribution in [1.82, 2.24) is 9.13 Å². The van der Waals surface area contributed by atoms with Gasteiger partial charge in [0, 0.05) is 9.90 Å². The molecule has 0 fully saturated rings. The molecule has 10 heteroatoms. The van der Waals surface area contributed by atoms with Crippen LogP contribution in [0.15, 0.2) is 58.1 Å². The molecule has 0 radical (unpaired) electrons. The minimum atomic E-state index is -0.847. The average molecular weight is 526 g/mol. The average Bonchev–Trinajstić information content (AvgIpc) is 3.13. The number of anilines is 1. The molecule has 1 N–H and O–H groups in total. The zero-order valence-corrected chi connectivity index (χ0v) is 21.5. The summed E-state index contributed by atoms with van der Waals surface area (Å²) in [5, 5.41) is 3.41. The summed E-state index contributed by atoms with van der Waals surface area (Å²) in [5.41, 5.74) is 1.06. The van der Waals surface area contributed by atoms with Gasteiger partial charge in [-0.05, 0) is 50.1 Å². The quantitative estimate of drug-likeness (QED) is 0.285. The maximum absolute atomic E-state index is 13.1. The molecule has 0 bridgehead atoms. The molecule has 2 aromatic carbocycles. The molecular formula is C26H24ClN3O5S. The van der Waals surface area contributed by atoms with Crippen molar-refractivity contribution in [3.8, 4) is 0 Å². The number of esters is 1. The summed E-state index contributed by atoms with van der Waals surface area (Å²) in [5.74, 6) is -1.10. The van der Waals surface area contributed by atoms with Gasteiger partial charge in [-0.1, -0.05) is 41.9 Å². The number of halogens is 1. The van der Waals surface area contributed by atoms with E-state index in [-0.39, 0.29) is 18.7 Å². The van der Waals surface area contributed by atoms with Gasteiger partial charge in [-0.3, -0.25) is 23.5 Å². The number of hydrogen-bond donors (Lipinski definition) is 1. The lowest BCUT2D eigenvalue weighted by atomic mass is 10.1. The highest BCUT2D eigenvalue weighted by atomic mass is 35.5. The van der Waals surface area contributed by atoms with Gasteiger partial charge in [-0.15, -0.1) is 11.3 Å². The van der Waals surface area contributed by atoms with E-state index in [0.29, 0.717) is 26.6 Å². The maximum atomic E-state index is 13.1. The van der Waals surface area contributed by atoms with Crippen LogP contribution in [0.1, 0.15) is 33.3 Å². The van der Waals surface area contributed by atoms with Crippen LogP contribution in [-0.2, 0) is 22.6 Å². The third-order valence-corrected chi connectivity index (χ3v) is 7.15. The van der Waals surface area contributed by atoms with Gasteiger partial charge >= 0.3 is 17.1 Å². The second-order valence-corrected chi connectivity index (χ2v) is 9.82. The Labute approximate surface area is 215 Å². The highest BCUT2D eigenvalue weighted by Crippen LogP contribution is 2.33. The Kier molecular flexibility index (Phi) is 7.42. The molecule has 0 saturated carbocycles. The highest BCUT2D eigenvalue weighted by Gasteiger charge is 2.23. The van der Waals surface area contributed by atoms with Crippen LogP contribution < -0.4 is 16.4 Å². The number of hydrogen-bond acceptors (Lipinski definition) is 6. The van der Waals surface area contributed by atoms with E-state index in [1.807, 2.05) is 37.3 Å². The predicted molar refractivity (Wildman–Crippen MR) is 141 cm³/mol. The van der Waals surface area contributed by atoms with Crippen LogP contribution in [0.3, 0.4) is 0 Å². The van der Waals surface area contributed by atoms with Crippen molar-refractivity contribution in [2.24, 2.45) is 0 Å². The molecule has 0 aliphatic rings. The molecule has 0 aliphatic heterocycles. The van der Waals surface area contributed by atoms with Gasteiger partial charge in [0.2, 0.25) is 5.91 Å². The molecule has 0 unspecified atom stereocenters. The molecule has 8 nitrogen and oxygen atoms in total. The second-order valence-electron chi connectivity index (χ2n) is 8.16. The van der Waals surface area contributed by atoms with Gasteiger partial charge in [0.1, 0.15) is 11.5 Å². The summed E-state index contributed by atoms with van der Waals surface area (Å²) in [6.07, 6.45) is 0. The first-order chi connectivity index (χ1) is 17.2. The SMILES string of the molecule is CCOC(=O)c1c(NC(=O)Cn2c(=O)c(=O)n(Cc3ccccc3)c3ccc(Cl)cc32)sc(C)c1C. The number of nitrogens with one attached hydrogen (secondary N) is 1. The Hall–Kier alpha value is -3.69. The van der Waals surface area contributed by atoms with Crippen LogP contribution in [-0.4, -0.2) is 27.6 Å². The summed E-state index contributed by atoms with van der Waals surface area (Å²) >= 11 is 7.46. The number of thiophene rings is 1. The van der Waals surface area contributed by atoms with Gasteiger partial charge in [0.05, 0.1) is 29.7 Å². The molecular weight excluding hydrogens is 502 g/mol. The number of rotatable bonds is 7. The van der Waals surface area contributed by atoms with Crippen LogP contribution in [0.25, 0.3) is 11.0 Å². The monoisotopic (exact) mass is 525 g/mol. The molecule has 2 aromatic heterocycles. The first-order valence-electron chi connectivity index (χ1n) is 11.2. The van der Waals surface area contributed by atoms with Crippen molar-refractivity contribution in [3.63, 3.8) is 0 Å². The van der Waals surface area contributed by atoms with E-state index < -0.39 is 29.5 Å². The summed E-state index contributed by atoms with van der Waals surface area (Å²) in [7, 11) is 0. The third kappa shape index (κ3) is 4.98. The number of carbonyl (C=O) groups is 2. The number of nitrogens with zero attached hydrogens (tertiary/aromatic N) is 2. The van der Waals surface area contributed by atoms with Crippen LogP contribution in [0.4, 0.5) is 5.00 Å². The van der Waals surface area contributed by atoms with Gasteiger partial charge in [0.15, 0.2) is 0 Å². The number of aromatic nitrogens is 2. The zero-order chi connectivity index (χ0) is 26.0. The lowest BCUT2D eigenvalue weighted by Gasteiger charge is -2.15. The maximum Gasteiger partial charge on any atom is 0.341 e. The van der Waals surface area contributed by atoms with E-state index in [9.17, 15) is 19.2 Å². The second kappa shape index (κ2) is 10.5. The zero-order valence-electron chi connectivity index (χ0n) is 20.0. The van der Waals surface area contributed by atoms with Crippen molar-refractivity contribution >= 4 is 50.8 Å². The minimum absolute atomic E-state index is 0.191. The summed E-state index contributed by atoms with van der Waals surface area (Å²) < 4.78 is 7.62. The van der Waals surface area contributed by atoms with Crippen LogP contribution in [0, 0.1) is 13.8 Å².